The Hall–Kier alpha value is -3.22. The van der Waals surface area contributed by atoms with Gasteiger partial charge in [-0.1, -0.05) is 24.3 Å². The summed E-state index contributed by atoms with van der Waals surface area (Å²) in [7, 11) is 5.86. The van der Waals surface area contributed by atoms with Crippen molar-refractivity contribution in [3.05, 3.63) is 83.9 Å². The first-order chi connectivity index (χ1) is 17.1. The molecule has 4 rings (SSSR count). The van der Waals surface area contributed by atoms with Crippen LogP contribution in [0.15, 0.2) is 72.8 Å². The summed E-state index contributed by atoms with van der Waals surface area (Å²) in [4.78, 5) is 6.91. The molecule has 3 aromatic carbocycles. The number of benzene rings is 3. The minimum atomic E-state index is 0.685. The van der Waals surface area contributed by atoms with E-state index in [2.05, 4.69) is 89.5 Å². The van der Waals surface area contributed by atoms with Gasteiger partial charge in [0.25, 0.3) is 0 Å². The van der Waals surface area contributed by atoms with Crippen molar-refractivity contribution in [1.82, 2.24) is 4.90 Å². The van der Waals surface area contributed by atoms with E-state index in [0.717, 1.165) is 63.1 Å². The summed E-state index contributed by atoms with van der Waals surface area (Å²) >= 11 is 0. The average Bonchev–Trinajstić information content (AvgIpc) is 2.89. The molecule has 0 N–H and O–H groups in total. The van der Waals surface area contributed by atoms with Crippen LogP contribution in [0, 0.1) is 0 Å². The highest BCUT2D eigenvalue weighted by Crippen LogP contribution is 2.25. The molecule has 0 spiro atoms. The summed E-state index contributed by atoms with van der Waals surface area (Å²) in [5.74, 6) is 1.78. The number of ether oxygens (including phenoxy) is 3. The largest absolute Gasteiger partial charge is 0.497 e. The zero-order valence-electron chi connectivity index (χ0n) is 21.2. The van der Waals surface area contributed by atoms with E-state index in [0.29, 0.717) is 6.61 Å². The van der Waals surface area contributed by atoms with Crippen molar-refractivity contribution in [2.75, 3.05) is 70.5 Å². The van der Waals surface area contributed by atoms with Crippen LogP contribution >= 0.6 is 0 Å². The highest BCUT2D eigenvalue weighted by Gasteiger charge is 2.12. The van der Waals surface area contributed by atoms with E-state index in [4.69, 9.17) is 14.2 Å². The zero-order chi connectivity index (χ0) is 24.5. The number of nitrogens with zero attached hydrogens (tertiary/aromatic N) is 3. The molecule has 0 aliphatic carbocycles. The van der Waals surface area contributed by atoms with E-state index in [1.165, 1.54) is 16.8 Å². The minimum absolute atomic E-state index is 0.685. The Balaban J connectivity index is 1.46. The molecule has 0 atom stereocenters. The fourth-order valence-corrected chi connectivity index (χ4v) is 4.25. The lowest BCUT2D eigenvalue weighted by molar-refractivity contribution is 0.0322. The van der Waals surface area contributed by atoms with E-state index in [1.54, 1.807) is 7.11 Å². The number of hydrogen-bond acceptors (Lipinski definition) is 6. The van der Waals surface area contributed by atoms with Crippen LogP contribution < -0.4 is 19.3 Å². The maximum atomic E-state index is 6.03. The van der Waals surface area contributed by atoms with Gasteiger partial charge in [-0.15, -0.1) is 0 Å². The monoisotopic (exact) mass is 475 g/mol. The third-order valence-electron chi connectivity index (χ3n) is 6.29. The predicted octanol–water partition coefficient (Wildman–Crippen LogP) is 4.68. The lowest BCUT2D eigenvalue weighted by Gasteiger charge is -2.27. The van der Waals surface area contributed by atoms with Crippen LogP contribution in [-0.4, -0.2) is 65.6 Å². The number of hydrogen-bond donors (Lipinski definition) is 0. The van der Waals surface area contributed by atoms with Gasteiger partial charge in [-0.3, -0.25) is 4.90 Å². The van der Waals surface area contributed by atoms with Crippen LogP contribution in [0.1, 0.15) is 11.1 Å². The minimum Gasteiger partial charge on any atom is -0.497 e. The number of rotatable bonds is 11. The van der Waals surface area contributed by atoms with Crippen LogP contribution in [0.3, 0.4) is 0 Å². The first-order valence-electron chi connectivity index (χ1n) is 12.3. The number of morpholine rings is 1. The maximum Gasteiger partial charge on any atom is 0.119 e. The molecular formula is C29H37N3O3. The average molecular weight is 476 g/mol. The summed E-state index contributed by atoms with van der Waals surface area (Å²) in [6, 6.07) is 25.4. The number of methoxy groups -OCH3 is 1. The molecule has 1 fully saturated rings. The molecule has 0 radical (unpaired) electrons. The summed E-state index contributed by atoms with van der Waals surface area (Å²) < 4.78 is 16.9. The maximum absolute atomic E-state index is 6.03. The second-order valence-corrected chi connectivity index (χ2v) is 9.07. The van der Waals surface area contributed by atoms with Crippen LogP contribution in [0.25, 0.3) is 0 Å². The van der Waals surface area contributed by atoms with Gasteiger partial charge in [0.1, 0.15) is 18.1 Å². The molecule has 1 heterocycles. The van der Waals surface area contributed by atoms with Gasteiger partial charge in [0.05, 0.1) is 20.3 Å². The number of anilines is 2. The van der Waals surface area contributed by atoms with Crippen molar-refractivity contribution in [3.63, 3.8) is 0 Å². The van der Waals surface area contributed by atoms with Gasteiger partial charge in [0.2, 0.25) is 0 Å². The summed E-state index contributed by atoms with van der Waals surface area (Å²) in [5.41, 5.74) is 4.83. The van der Waals surface area contributed by atoms with Crippen molar-refractivity contribution in [2.45, 2.75) is 13.1 Å². The molecule has 0 bridgehead atoms. The lowest BCUT2D eigenvalue weighted by Crippen LogP contribution is -2.38. The van der Waals surface area contributed by atoms with Gasteiger partial charge in [0, 0.05) is 58.2 Å². The Kier molecular flexibility index (Phi) is 8.87. The first kappa shape index (κ1) is 24.9. The van der Waals surface area contributed by atoms with Gasteiger partial charge < -0.3 is 24.0 Å². The van der Waals surface area contributed by atoms with E-state index >= 15 is 0 Å². The molecule has 186 valence electrons. The van der Waals surface area contributed by atoms with Gasteiger partial charge in [0.15, 0.2) is 0 Å². The third kappa shape index (κ3) is 7.38. The second kappa shape index (κ2) is 12.5. The lowest BCUT2D eigenvalue weighted by atomic mass is 10.1. The van der Waals surface area contributed by atoms with Crippen molar-refractivity contribution in [2.24, 2.45) is 0 Å². The second-order valence-electron chi connectivity index (χ2n) is 9.07. The van der Waals surface area contributed by atoms with Crippen LogP contribution in [0.2, 0.25) is 0 Å². The Bertz CT molecular complexity index is 1050. The SMILES string of the molecule is COc1cccc(CN(Cc2cccc(N(C)C)c2)c2ccc(OCCN3CCOCC3)cc2)c1. The Morgan fingerprint density at radius 3 is 2.17 bits per heavy atom. The topological polar surface area (TPSA) is 37.4 Å². The van der Waals surface area contributed by atoms with Crippen LogP contribution in [0.5, 0.6) is 11.5 Å². The van der Waals surface area contributed by atoms with E-state index in [1.807, 2.05) is 12.1 Å². The Morgan fingerprint density at radius 2 is 1.49 bits per heavy atom. The molecule has 3 aromatic rings. The third-order valence-corrected chi connectivity index (χ3v) is 6.29. The highest BCUT2D eigenvalue weighted by atomic mass is 16.5. The molecule has 0 amide bonds. The fourth-order valence-electron chi connectivity index (χ4n) is 4.25. The molecule has 6 nitrogen and oxygen atoms in total. The Labute approximate surface area is 209 Å². The standard InChI is InChI=1S/C29H37N3O3/c1-30(2)27-8-4-6-24(20-27)22-32(23-25-7-5-9-29(21-25)33-3)26-10-12-28(13-11-26)35-19-16-31-14-17-34-18-15-31/h4-13,20-21H,14-19,22-23H2,1-3H3. The van der Waals surface area contributed by atoms with Crippen molar-refractivity contribution < 1.29 is 14.2 Å². The molecule has 0 aromatic heterocycles. The van der Waals surface area contributed by atoms with E-state index < -0.39 is 0 Å². The smallest absolute Gasteiger partial charge is 0.119 e. The van der Waals surface area contributed by atoms with E-state index in [9.17, 15) is 0 Å². The quantitative estimate of drug-likeness (QED) is 0.401. The van der Waals surface area contributed by atoms with Gasteiger partial charge >= 0.3 is 0 Å². The van der Waals surface area contributed by atoms with Crippen LogP contribution in [0.4, 0.5) is 11.4 Å². The molecule has 35 heavy (non-hydrogen) atoms. The van der Waals surface area contributed by atoms with Gasteiger partial charge in [-0.2, -0.15) is 0 Å². The van der Waals surface area contributed by atoms with Crippen LogP contribution in [-0.2, 0) is 17.8 Å². The molecule has 1 aliphatic rings. The molecular weight excluding hydrogens is 438 g/mol. The molecule has 1 saturated heterocycles. The van der Waals surface area contributed by atoms with Gasteiger partial charge in [-0.25, -0.2) is 0 Å². The zero-order valence-corrected chi connectivity index (χ0v) is 21.2. The van der Waals surface area contributed by atoms with E-state index in [-0.39, 0.29) is 0 Å². The Morgan fingerprint density at radius 1 is 0.800 bits per heavy atom. The summed E-state index contributed by atoms with van der Waals surface area (Å²) in [6.07, 6.45) is 0. The summed E-state index contributed by atoms with van der Waals surface area (Å²) in [5, 5.41) is 0. The molecule has 6 heteroatoms. The normalized spacial score (nSPS) is 13.9. The first-order valence-corrected chi connectivity index (χ1v) is 12.3. The molecule has 0 saturated carbocycles. The van der Waals surface area contributed by atoms with Crippen molar-refractivity contribution in [1.29, 1.82) is 0 Å². The molecule has 0 unspecified atom stereocenters. The highest BCUT2D eigenvalue weighted by molar-refractivity contribution is 5.52. The summed E-state index contributed by atoms with van der Waals surface area (Å²) in [6.45, 7) is 6.79. The molecule has 1 aliphatic heterocycles. The van der Waals surface area contributed by atoms with Crippen molar-refractivity contribution >= 4 is 11.4 Å². The van der Waals surface area contributed by atoms with Gasteiger partial charge in [-0.05, 0) is 59.7 Å². The predicted molar refractivity (Wildman–Crippen MR) is 143 cm³/mol. The fraction of sp³-hybridized carbons (Fsp3) is 0.379. The van der Waals surface area contributed by atoms with Crippen molar-refractivity contribution in [3.8, 4) is 11.5 Å².